The van der Waals surface area contributed by atoms with E-state index in [2.05, 4.69) is 0 Å². The summed E-state index contributed by atoms with van der Waals surface area (Å²) in [4.78, 5) is 0. The second-order valence-electron chi connectivity index (χ2n) is 12.5. The zero-order chi connectivity index (χ0) is 50.7. The SMILES string of the molecule is FC(F)(F)C(F)(F)C(F)(F)C(F)(F)C(F)(F)C(F)(F)[C](F)(C(F)(F)F)[Sn]([c]1ccccc1)([c]1ccccc1)[C](F)(C(F)(F)F)C(F)(F)C(F)(F)C(F)(F)C(F)(F)C(F)(F)C(F)(F)F. The average molecular weight is 1110 g/mol. The van der Waals surface area contributed by atoms with E-state index in [0.29, 0.717) is 0 Å². The third-order valence-electron chi connectivity index (χ3n) is 8.96. The molecule has 0 spiro atoms. The van der Waals surface area contributed by atoms with Crippen LogP contribution in [0.1, 0.15) is 0 Å². The summed E-state index contributed by atoms with van der Waals surface area (Å²) in [5.41, 5.74) is 0. The number of hydrogen-bond donors (Lipinski definition) is 0. The maximum atomic E-state index is 17.4. The Morgan fingerprint density at radius 2 is 0.381 bits per heavy atom. The minimum absolute atomic E-state index is 0.0204. The molecule has 2 aromatic rings. The summed E-state index contributed by atoms with van der Waals surface area (Å²) in [6.45, 7) is 0. The summed E-state index contributed by atoms with van der Waals surface area (Å²) in [5, 5.41) is 0. The zero-order valence-electron chi connectivity index (χ0n) is 28.1. The molecule has 0 aliphatic rings. The molecule has 0 fully saturated rings. The monoisotopic (exact) mass is 1110 g/mol. The van der Waals surface area contributed by atoms with Crippen molar-refractivity contribution in [1.82, 2.24) is 0 Å². The molecule has 0 aliphatic carbocycles. The Bertz CT molecular complexity index is 1780. The van der Waals surface area contributed by atoms with Crippen LogP contribution in [0.2, 0.25) is 0 Å². The van der Waals surface area contributed by atoms with E-state index in [1.807, 2.05) is 0 Å². The van der Waals surface area contributed by atoms with Gasteiger partial charge in [0.15, 0.2) is 0 Å². The fourth-order valence-electron chi connectivity index (χ4n) is 5.80. The molecular formula is C28H10F34Sn. The molecule has 0 radical (unpaired) electrons. The molecule has 0 aliphatic heterocycles. The van der Waals surface area contributed by atoms with Crippen molar-refractivity contribution in [2.75, 3.05) is 0 Å². The van der Waals surface area contributed by atoms with Gasteiger partial charge in [0, 0.05) is 0 Å². The van der Waals surface area contributed by atoms with Crippen molar-refractivity contribution in [1.29, 1.82) is 0 Å². The van der Waals surface area contributed by atoms with Crippen molar-refractivity contribution in [2.24, 2.45) is 0 Å². The van der Waals surface area contributed by atoms with E-state index in [1.165, 1.54) is 0 Å². The Kier molecular flexibility index (Phi) is 13.3. The van der Waals surface area contributed by atoms with Gasteiger partial charge in [0.25, 0.3) is 0 Å². The van der Waals surface area contributed by atoms with Gasteiger partial charge in [-0.25, -0.2) is 0 Å². The van der Waals surface area contributed by atoms with Gasteiger partial charge in [0.2, 0.25) is 0 Å². The van der Waals surface area contributed by atoms with Crippen LogP contribution in [0.4, 0.5) is 149 Å². The summed E-state index contributed by atoms with van der Waals surface area (Å²) in [6, 6.07) is -7.02. The van der Waals surface area contributed by atoms with Gasteiger partial charge in [-0.3, -0.25) is 0 Å². The van der Waals surface area contributed by atoms with Crippen molar-refractivity contribution in [3.05, 3.63) is 60.7 Å². The quantitative estimate of drug-likeness (QED) is 0.131. The van der Waals surface area contributed by atoms with Crippen LogP contribution in [0.5, 0.6) is 0 Å². The van der Waals surface area contributed by atoms with Crippen LogP contribution in [0.25, 0.3) is 0 Å². The summed E-state index contributed by atoms with van der Waals surface area (Å²) in [6.07, 6.45) is -35.8. The van der Waals surface area contributed by atoms with E-state index in [-0.39, 0.29) is 12.1 Å². The molecule has 2 unspecified atom stereocenters. The number of rotatable bonds is 14. The van der Waals surface area contributed by atoms with Crippen molar-refractivity contribution >= 4 is 25.5 Å². The first-order chi connectivity index (χ1) is 27.2. The van der Waals surface area contributed by atoms with E-state index >= 15 is 70.2 Å². The van der Waals surface area contributed by atoms with E-state index in [1.54, 1.807) is 0 Å². The van der Waals surface area contributed by atoms with Crippen LogP contribution in [-0.4, -0.2) is 110 Å². The number of benzene rings is 2. The first-order valence-electron chi connectivity index (χ1n) is 14.7. The van der Waals surface area contributed by atoms with Crippen molar-refractivity contribution < 1.29 is 149 Å². The Morgan fingerprint density at radius 1 is 0.206 bits per heavy atom. The van der Waals surface area contributed by atoms with E-state index < -0.39 is 165 Å². The van der Waals surface area contributed by atoms with Gasteiger partial charge in [0.05, 0.1) is 0 Å². The first-order valence-corrected chi connectivity index (χ1v) is 20.5. The van der Waals surface area contributed by atoms with Gasteiger partial charge in [-0.1, -0.05) is 0 Å². The predicted octanol–water partition coefficient (Wildman–Crippen LogP) is 12.3. The topological polar surface area (TPSA) is 0 Å². The van der Waals surface area contributed by atoms with Crippen LogP contribution in [0.3, 0.4) is 0 Å². The normalized spacial score (nSPS) is 17.9. The van der Waals surface area contributed by atoms with Gasteiger partial charge in [-0.05, 0) is 0 Å². The van der Waals surface area contributed by atoms with Crippen LogP contribution in [0.15, 0.2) is 60.7 Å². The molecule has 2 atom stereocenters. The second-order valence-corrected chi connectivity index (χ2v) is 24.0. The third kappa shape index (κ3) is 6.67. The maximum absolute atomic E-state index is 17.4. The summed E-state index contributed by atoms with van der Waals surface area (Å²) < 4.78 is 469. The summed E-state index contributed by atoms with van der Waals surface area (Å²) in [5.74, 6) is -97.3. The molecule has 2 rings (SSSR count). The predicted molar refractivity (Wildman–Crippen MR) is 139 cm³/mol. The molecule has 0 saturated heterocycles. The van der Waals surface area contributed by atoms with Crippen LogP contribution < -0.4 is 7.16 Å². The molecule has 2 aromatic carbocycles. The molecule has 364 valence electrons. The summed E-state index contributed by atoms with van der Waals surface area (Å²) in [7, 11) is 0. The third-order valence-corrected chi connectivity index (χ3v) is 25.1. The molecular weight excluding hydrogens is 1100 g/mol. The Balaban J connectivity index is 3.74. The fourth-order valence-corrected chi connectivity index (χ4v) is 22.6. The molecule has 0 amide bonds. The Morgan fingerprint density at radius 3 is 0.556 bits per heavy atom. The molecule has 0 aromatic heterocycles. The average Bonchev–Trinajstić information content (AvgIpc) is 3.09. The summed E-state index contributed by atoms with van der Waals surface area (Å²) >= 11 is -12.7. The van der Waals surface area contributed by atoms with E-state index in [0.717, 1.165) is 0 Å². The van der Waals surface area contributed by atoms with E-state index in [4.69, 9.17) is 0 Å². The van der Waals surface area contributed by atoms with Crippen LogP contribution in [-0.2, 0) is 0 Å². The van der Waals surface area contributed by atoms with Crippen molar-refractivity contribution in [2.45, 2.75) is 91.3 Å². The van der Waals surface area contributed by atoms with Gasteiger partial charge >= 0.3 is 327 Å². The standard InChI is InChI=1S/2C8F17.2C6H5.Sn/c2*9-1(3(12,13)14)2(10,11)4(15,16)5(17,18)6(19,20)7(21,22)8(23,24)25;2*1-2-4-6-5-3-1;/h;;2*1-5H;. The second kappa shape index (κ2) is 14.9. The van der Waals surface area contributed by atoms with Gasteiger partial charge in [-0.15, -0.1) is 0 Å². The molecule has 0 saturated carbocycles. The minimum atomic E-state index is -12.7. The number of halogens is 34. The van der Waals surface area contributed by atoms with Crippen LogP contribution >= 0.6 is 0 Å². The van der Waals surface area contributed by atoms with Gasteiger partial charge < -0.3 is 0 Å². The van der Waals surface area contributed by atoms with Gasteiger partial charge in [-0.2, -0.15) is 0 Å². The number of hydrogen-bond acceptors (Lipinski definition) is 0. The van der Waals surface area contributed by atoms with Crippen LogP contribution in [0, 0.1) is 0 Å². The first kappa shape index (κ1) is 56.0. The van der Waals surface area contributed by atoms with Gasteiger partial charge in [0.1, 0.15) is 0 Å². The van der Waals surface area contributed by atoms with Crippen molar-refractivity contribution in [3.63, 3.8) is 0 Å². The molecule has 35 heteroatoms. The Labute approximate surface area is 327 Å². The Hall–Kier alpha value is -3.14. The number of alkyl halides is 34. The van der Waals surface area contributed by atoms with E-state index in [9.17, 15) is 79.0 Å². The fraction of sp³-hybridized carbons (Fsp3) is 0.571. The molecule has 0 nitrogen and oxygen atoms in total. The molecule has 0 bridgehead atoms. The molecule has 0 N–H and O–H groups in total. The zero-order valence-corrected chi connectivity index (χ0v) is 31.0. The molecule has 0 heterocycles. The molecule has 63 heavy (non-hydrogen) atoms. The van der Waals surface area contributed by atoms with Crippen molar-refractivity contribution in [3.8, 4) is 0 Å².